The third-order valence-corrected chi connectivity index (χ3v) is 18.2. The number of fused-ring (bicyclic) bond motifs is 9. The summed E-state index contributed by atoms with van der Waals surface area (Å²) >= 11 is 0. The van der Waals surface area contributed by atoms with E-state index in [-0.39, 0.29) is 10.8 Å². The second kappa shape index (κ2) is 15.0. The molecule has 16 rings (SSSR count). The first-order valence-corrected chi connectivity index (χ1v) is 25.9. The van der Waals surface area contributed by atoms with Gasteiger partial charge in [-0.25, -0.2) is 0 Å². The number of anilines is 3. The van der Waals surface area contributed by atoms with Crippen molar-refractivity contribution in [3.05, 3.63) is 235 Å². The molecular formula is C69H55N. The molecule has 6 aliphatic carbocycles. The zero-order valence-electron chi connectivity index (χ0n) is 40.0. The molecule has 0 aromatic heterocycles. The van der Waals surface area contributed by atoms with E-state index in [9.17, 15) is 0 Å². The van der Waals surface area contributed by atoms with E-state index in [0.29, 0.717) is 11.8 Å². The second-order valence-corrected chi connectivity index (χ2v) is 22.0. The van der Waals surface area contributed by atoms with Gasteiger partial charge in [-0.15, -0.1) is 0 Å². The first kappa shape index (κ1) is 40.4. The van der Waals surface area contributed by atoms with E-state index >= 15 is 0 Å². The van der Waals surface area contributed by atoms with Gasteiger partial charge in [-0.2, -0.15) is 0 Å². The first-order chi connectivity index (χ1) is 34.4. The second-order valence-electron chi connectivity index (χ2n) is 22.0. The monoisotopic (exact) mass is 897 g/mol. The lowest BCUT2D eigenvalue weighted by atomic mass is 9.43. The van der Waals surface area contributed by atoms with Crippen molar-refractivity contribution in [3.63, 3.8) is 0 Å². The summed E-state index contributed by atoms with van der Waals surface area (Å²) in [5.41, 5.74) is 22.7. The number of hydrogen-bond donors (Lipinski definition) is 0. The van der Waals surface area contributed by atoms with Crippen LogP contribution in [0.15, 0.2) is 212 Å². The molecule has 4 bridgehead atoms. The van der Waals surface area contributed by atoms with Crippen molar-refractivity contribution >= 4 is 38.6 Å². The molecule has 10 aromatic carbocycles. The van der Waals surface area contributed by atoms with E-state index in [1.165, 1.54) is 137 Å². The maximum atomic E-state index is 2.64. The average Bonchev–Trinajstić information content (AvgIpc) is 3.83. The Hall–Kier alpha value is -7.48. The fourth-order valence-electron chi connectivity index (χ4n) is 15.6. The molecular weight excluding hydrogens is 843 g/mol. The van der Waals surface area contributed by atoms with Crippen LogP contribution >= 0.6 is 0 Å². The van der Waals surface area contributed by atoms with E-state index in [1.807, 2.05) is 0 Å². The summed E-state index contributed by atoms with van der Waals surface area (Å²) < 4.78 is 0. The lowest BCUT2D eigenvalue weighted by Crippen LogP contribution is -2.55. The predicted molar refractivity (Wildman–Crippen MR) is 293 cm³/mol. The SMILES string of the molecule is CC1(C)c2ccccc2-c2cccc(-c3ccccc3-c3ccc(N(c4ccc(-c5ccc6c(ccc7ccccc76)c5)cc4)c4ccc5c(c4)C4(c6ccccc6-5)C5CC6CC(C5)CC4C6)cc3)c21. The molecule has 6 aliphatic rings. The molecule has 0 atom stereocenters. The molecule has 4 fully saturated rings. The zero-order chi connectivity index (χ0) is 46.3. The maximum absolute atomic E-state index is 2.64. The van der Waals surface area contributed by atoms with E-state index in [0.717, 1.165) is 11.8 Å². The maximum Gasteiger partial charge on any atom is 0.0465 e. The molecule has 10 aromatic rings. The highest BCUT2D eigenvalue weighted by Crippen LogP contribution is 2.69. The standard InChI is InChI=1S/C69H55N/c1-68(2)64-20-9-7-17-60(64)63-19-11-18-62(67(63)68)58-15-6-5-14-56(58)47-26-31-53(32-27-47)70(52-29-24-45(25-30-52)48-28-34-57-49(41-48)23-22-46-12-3-4-13-55(46)57)54-33-35-61-59-16-8-10-21-65(59)69(66(61)42-54)50-37-43-36-44(39-50)40-51(69)38-43/h3-35,41-44,50-51H,36-40H2,1-2H3. The lowest BCUT2D eigenvalue weighted by Gasteiger charge is -2.61. The Kier molecular flexibility index (Phi) is 8.67. The van der Waals surface area contributed by atoms with Gasteiger partial charge in [0.2, 0.25) is 0 Å². The quantitative estimate of drug-likeness (QED) is 0.150. The molecule has 0 radical (unpaired) electrons. The molecule has 0 amide bonds. The number of benzene rings is 10. The molecule has 70 heavy (non-hydrogen) atoms. The van der Waals surface area contributed by atoms with Crippen LogP contribution in [0.4, 0.5) is 17.1 Å². The predicted octanol–water partition coefficient (Wildman–Crippen LogP) is 18.5. The van der Waals surface area contributed by atoms with Crippen LogP contribution in [0, 0.1) is 23.7 Å². The average molecular weight is 898 g/mol. The Bertz CT molecular complexity index is 3730. The summed E-state index contributed by atoms with van der Waals surface area (Å²) in [7, 11) is 0. The van der Waals surface area contributed by atoms with Crippen molar-refractivity contribution in [2.45, 2.75) is 56.8 Å². The Labute approximate surface area is 412 Å². The van der Waals surface area contributed by atoms with Gasteiger partial charge in [0.25, 0.3) is 0 Å². The minimum absolute atomic E-state index is 0.0907. The molecule has 1 spiro atoms. The van der Waals surface area contributed by atoms with Gasteiger partial charge < -0.3 is 4.90 Å². The van der Waals surface area contributed by atoms with Crippen LogP contribution < -0.4 is 4.90 Å². The van der Waals surface area contributed by atoms with Gasteiger partial charge in [0, 0.05) is 27.9 Å². The van der Waals surface area contributed by atoms with Crippen LogP contribution in [0.5, 0.6) is 0 Å². The third kappa shape index (κ3) is 5.72. The minimum atomic E-state index is -0.106. The van der Waals surface area contributed by atoms with E-state index in [2.05, 4.69) is 231 Å². The largest absolute Gasteiger partial charge is 0.310 e. The smallest absolute Gasteiger partial charge is 0.0465 e. The Morgan fingerprint density at radius 3 is 1.59 bits per heavy atom. The molecule has 1 nitrogen and oxygen atoms in total. The van der Waals surface area contributed by atoms with E-state index in [1.54, 1.807) is 11.1 Å². The van der Waals surface area contributed by atoms with Crippen molar-refractivity contribution in [1.82, 2.24) is 0 Å². The summed E-state index contributed by atoms with van der Waals surface area (Å²) in [6.45, 7) is 4.79. The Morgan fingerprint density at radius 1 is 0.343 bits per heavy atom. The van der Waals surface area contributed by atoms with Crippen molar-refractivity contribution in [2.24, 2.45) is 23.7 Å². The lowest BCUT2D eigenvalue weighted by molar-refractivity contribution is -0.0399. The van der Waals surface area contributed by atoms with Crippen molar-refractivity contribution in [1.29, 1.82) is 0 Å². The van der Waals surface area contributed by atoms with E-state index in [4.69, 9.17) is 0 Å². The Balaban J connectivity index is 0.855. The van der Waals surface area contributed by atoms with Crippen LogP contribution in [0.2, 0.25) is 0 Å². The summed E-state index contributed by atoms with van der Waals surface area (Å²) in [6, 6.07) is 81.0. The summed E-state index contributed by atoms with van der Waals surface area (Å²) in [5, 5.41) is 5.16. The number of rotatable bonds is 6. The molecule has 336 valence electrons. The van der Waals surface area contributed by atoms with Crippen molar-refractivity contribution < 1.29 is 0 Å². The third-order valence-electron chi connectivity index (χ3n) is 18.2. The highest BCUT2D eigenvalue weighted by Gasteiger charge is 2.61. The topological polar surface area (TPSA) is 3.24 Å². The van der Waals surface area contributed by atoms with Gasteiger partial charge in [0.1, 0.15) is 0 Å². The van der Waals surface area contributed by atoms with Gasteiger partial charge in [-0.3, -0.25) is 0 Å². The molecule has 0 unspecified atom stereocenters. The molecule has 4 saturated carbocycles. The highest BCUT2D eigenvalue weighted by atomic mass is 15.1. The van der Waals surface area contributed by atoms with Crippen molar-refractivity contribution in [3.8, 4) is 55.6 Å². The fourth-order valence-corrected chi connectivity index (χ4v) is 15.6. The van der Waals surface area contributed by atoms with Crippen LogP contribution in [-0.4, -0.2) is 0 Å². The highest BCUT2D eigenvalue weighted by molar-refractivity contribution is 6.08. The Morgan fingerprint density at radius 2 is 0.857 bits per heavy atom. The molecule has 0 aliphatic heterocycles. The molecule has 1 heteroatoms. The van der Waals surface area contributed by atoms with Gasteiger partial charge >= 0.3 is 0 Å². The van der Waals surface area contributed by atoms with Gasteiger partial charge in [0.05, 0.1) is 0 Å². The number of hydrogen-bond acceptors (Lipinski definition) is 1. The first-order valence-electron chi connectivity index (χ1n) is 25.9. The van der Waals surface area contributed by atoms with Crippen LogP contribution in [0.1, 0.15) is 68.2 Å². The summed E-state index contributed by atoms with van der Waals surface area (Å²) in [6.07, 6.45) is 6.96. The normalized spacial score (nSPS) is 21.7. The van der Waals surface area contributed by atoms with Crippen LogP contribution in [-0.2, 0) is 10.8 Å². The summed E-state index contributed by atoms with van der Waals surface area (Å²) in [4.78, 5) is 2.53. The van der Waals surface area contributed by atoms with Gasteiger partial charge in [-0.1, -0.05) is 184 Å². The molecule has 0 heterocycles. The van der Waals surface area contributed by atoms with Crippen LogP contribution in [0.3, 0.4) is 0 Å². The van der Waals surface area contributed by atoms with Crippen LogP contribution in [0.25, 0.3) is 77.2 Å². The van der Waals surface area contributed by atoms with E-state index < -0.39 is 0 Å². The fraction of sp³-hybridized carbons (Fsp3) is 0.188. The number of nitrogens with zero attached hydrogens (tertiary/aromatic N) is 1. The summed E-state index contributed by atoms with van der Waals surface area (Å²) in [5.74, 6) is 3.22. The van der Waals surface area contributed by atoms with Crippen molar-refractivity contribution in [2.75, 3.05) is 4.90 Å². The minimum Gasteiger partial charge on any atom is -0.310 e. The van der Waals surface area contributed by atoms with Gasteiger partial charge in [0.15, 0.2) is 0 Å². The zero-order valence-corrected chi connectivity index (χ0v) is 40.0. The van der Waals surface area contributed by atoms with Gasteiger partial charge in [-0.05, 0) is 198 Å². The molecule has 0 saturated heterocycles. The molecule has 0 N–H and O–H groups in total.